The second kappa shape index (κ2) is 7.31. The Labute approximate surface area is 73.1 Å². The van der Waals surface area contributed by atoms with Gasteiger partial charge >= 0.3 is 0 Å². The number of hydrogen-bond donors (Lipinski definition) is 3. The minimum absolute atomic E-state index is 0.497. The molecule has 0 aromatic rings. The monoisotopic (exact) mass is 178 g/mol. The minimum Gasteiger partial charge on any atom is -0.307 e. The predicted molar refractivity (Wildman–Crippen MR) is 52.2 cm³/mol. The average molecular weight is 178 g/mol. The van der Waals surface area contributed by atoms with Crippen molar-refractivity contribution < 1.29 is 0 Å². The summed E-state index contributed by atoms with van der Waals surface area (Å²) < 4.78 is 0.497. The van der Waals surface area contributed by atoms with E-state index in [1.54, 1.807) is 0 Å². The molecule has 0 radical (unpaired) electrons. The van der Waals surface area contributed by atoms with E-state index >= 15 is 0 Å². The summed E-state index contributed by atoms with van der Waals surface area (Å²) in [4.78, 5) is 0. The summed E-state index contributed by atoms with van der Waals surface area (Å²) >= 11 is 8.55. The van der Waals surface area contributed by atoms with Crippen molar-refractivity contribution in [1.82, 2.24) is 10.9 Å². The third-order valence-corrected chi connectivity index (χ3v) is 1.31. The van der Waals surface area contributed by atoms with E-state index in [1.165, 1.54) is 19.3 Å². The Bertz CT molecular complexity index is 95.7. The molecule has 0 aliphatic rings. The van der Waals surface area contributed by atoms with E-state index in [0.29, 0.717) is 4.32 Å². The highest BCUT2D eigenvalue weighted by atomic mass is 32.1. The van der Waals surface area contributed by atoms with Gasteiger partial charge in [0.15, 0.2) is 0 Å². The molecule has 0 spiro atoms. The lowest BCUT2D eigenvalue weighted by atomic mass is 10.3. The molecule has 10 heavy (non-hydrogen) atoms. The Kier molecular flexibility index (Phi) is 7.45. The van der Waals surface area contributed by atoms with Crippen molar-refractivity contribution in [3.63, 3.8) is 0 Å². The molecule has 0 bridgehead atoms. The lowest BCUT2D eigenvalue weighted by Crippen LogP contribution is -2.34. The van der Waals surface area contributed by atoms with E-state index < -0.39 is 0 Å². The Morgan fingerprint density at radius 2 is 2.20 bits per heavy atom. The average Bonchev–Trinajstić information content (AvgIpc) is 1.87. The van der Waals surface area contributed by atoms with Crippen molar-refractivity contribution in [2.24, 2.45) is 0 Å². The highest BCUT2D eigenvalue weighted by molar-refractivity contribution is 8.11. The summed E-state index contributed by atoms with van der Waals surface area (Å²) in [5.41, 5.74) is 5.70. The Morgan fingerprint density at radius 3 is 2.70 bits per heavy atom. The van der Waals surface area contributed by atoms with Crippen molar-refractivity contribution in [2.45, 2.75) is 26.2 Å². The second-order valence-corrected chi connectivity index (χ2v) is 3.22. The number of nitrogens with one attached hydrogen (secondary N) is 2. The van der Waals surface area contributed by atoms with Crippen LogP contribution in [0.1, 0.15) is 26.2 Å². The number of rotatable bonds is 5. The zero-order chi connectivity index (χ0) is 7.82. The molecule has 0 aliphatic heterocycles. The predicted octanol–water partition coefficient (Wildman–Crippen LogP) is 1.49. The van der Waals surface area contributed by atoms with Gasteiger partial charge in [-0.3, -0.25) is 0 Å². The van der Waals surface area contributed by atoms with Gasteiger partial charge in [0.05, 0.1) is 0 Å². The maximum atomic E-state index is 4.66. The molecular weight excluding hydrogens is 164 g/mol. The van der Waals surface area contributed by atoms with Crippen LogP contribution in [0.5, 0.6) is 0 Å². The van der Waals surface area contributed by atoms with Gasteiger partial charge in [-0.25, -0.2) is 5.43 Å². The summed E-state index contributed by atoms with van der Waals surface area (Å²) in [5.74, 6) is 0. The van der Waals surface area contributed by atoms with Gasteiger partial charge in [0, 0.05) is 6.54 Å². The molecular formula is C6H14N2S2. The lowest BCUT2D eigenvalue weighted by molar-refractivity contribution is 0.599. The fourth-order valence-electron chi connectivity index (χ4n) is 0.602. The Balaban J connectivity index is 2.84. The molecule has 0 aliphatic carbocycles. The fraction of sp³-hybridized carbons (Fsp3) is 0.833. The maximum Gasteiger partial charge on any atom is 0.144 e. The summed E-state index contributed by atoms with van der Waals surface area (Å²) in [6, 6.07) is 0. The first kappa shape index (κ1) is 10.2. The van der Waals surface area contributed by atoms with Crippen LogP contribution >= 0.6 is 24.8 Å². The fourth-order valence-corrected chi connectivity index (χ4v) is 0.753. The molecule has 0 aromatic heterocycles. The van der Waals surface area contributed by atoms with Crippen molar-refractivity contribution >= 4 is 29.2 Å². The maximum absolute atomic E-state index is 4.66. The summed E-state index contributed by atoms with van der Waals surface area (Å²) in [5, 5.41) is 0. The van der Waals surface area contributed by atoms with Crippen LogP contribution in [0.25, 0.3) is 0 Å². The van der Waals surface area contributed by atoms with Gasteiger partial charge in [-0.2, -0.15) is 0 Å². The standard InChI is InChI=1S/C6H14N2S2/c1-2-3-4-5-7-8-6(9)10/h7H,2-5H2,1H3,(H2,8,9,10). The van der Waals surface area contributed by atoms with Gasteiger partial charge in [0.1, 0.15) is 4.32 Å². The highest BCUT2D eigenvalue weighted by Gasteiger charge is 1.85. The summed E-state index contributed by atoms with van der Waals surface area (Å²) in [6.45, 7) is 3.13. The van der Waals surface area contributed by atoms with E-state index in [2.05, 4.69) is 42.6 Å². The molecule has 0 rings (SSSR count). The van der Waals surface area contributed by atoms with Gasteiger partial charge in [0.25, 0.3) is 0 Å². The van der Waals surface area contributed by atoms with Gasteiger partial charge in [0.2, 0.25) is 0 Å². The Hall–Kier alpha value is 0.200. The van der Waals surface area contributed by atoms with E-state index in [4.69, 9.17) is 0 Å². The number of thiocarbonyl (C=S) groups is 1. The molecule has 2 nitrogen and oxygen atoms in total. The third kappa shape index (κ3) is 8.20. The molecule has 60 valence electrons. The molecule has 0 unspecified atom stereocenters. The third-order valence-electron chi connectivity index (χ3n) is 1.10. The van der Waals surface area contributed by atoms with Gasteiger partial charge < -0.3 is 5.43 Å². The van der Waals surface area contributed by atoms with Crippen LogP contribution in [0, 0.1) is 0 Å². The topological polar surface area (TPSA) is 24.1 Å². The van der Waals surface area contributed by atoms with E-state index in [1.807, 2.05) is 0 Å². The Morgan fingerprint density at radius 1 is 1.50 bits per heavy atom. The first-order chi connectivity index (χ1) is 4.77. The first-order valence-corrected chi connectivity index (χ1v) is 4.34. The number of hydrazine groups is 1. The van der Waals surface area contributed by atoms with Crippen LogP contribution in [-0.4, -0.2) is 10.9 Å². The van der Waals surface area contributed by atoms with Crippen LogP contribution in [0.2, 0.25) is 0 Å². The molecule has 0 atom stereocenters. The normalized spacial score (nSPS) is 9.40. The number of unbranched alkanes of at least 4 members (excludes halogenated alkanes) is 2. The minimum atomic E-state index is 0.497. The van der Waals surface area contributed by atoms with Crippen LogP contribution in [0.4, 0.5) is 0 Å². The largest absolute Gasteiger partial charge is 0.307 e. The zero-order valence-electron chi connectivity index (χ0n) is 6.18. The number of thiol groups is 1. The van der Waals surface area contributed by atoms with Crippen molar-refractivity contribution in [2.75, 3.05) is 6.54 Å². The molecule has 0 saturated heterocycles. The van der Waals surface area contributed by atoms with Crippen LogP contribution in [0.15, 0.2) is 0 Å². The molecule has 0 aromatic carbocycles. The molecule has 0 fully saturated rings. The first-order valence-electron chi connectivity index (χ1n) is 3.49. The van der Waals surface area contributed by atoms with Crippen molar-refractivity contribution in [3.8, 4) is 0 Å². The van der Waals surface area contributed by atoms with Gasteiger partial charge in [-0.15, -0.1) is 12.6 Å². The smallest absolute Gasteiger partial charge is 0.144 e. The summed E-state index contributed by atoms with van der Waals surface area (Å²) in [7, 11) is 0. The lowest BCUT2D eigenvalue weighted by Gasteiger charge is -2.03. The van der Waals surface area contributed by atoms with E-state index in [0.717, 1.165) is 6.54 Å². The van der Waals surface area contributed by atoms with Crippen LogP contribution in [-0.2, 0) is 0 Å². The van der Waals surface area contributed by atoms with Crippen molar-refractivity contribution in [1.29, 1.82) is 0 Å². The van der Waals surface area contributed by atoms with E-state index in [-0.39, 0.29) is 0 Å². The van der Waals surface area contributed by atoms with Crippen LogP contribution < -0.4 is 10.9 Å². The second-order valence-electron chi connectivity index (χ2n) is 2.06. The SMILES string of the molecule is CCCCCNNC(=S)S. The highest BCUT2D eigenvalue weighted by Crippen LogP contribution is 1.90. The number of hydrogen-bond acceptors (Lipinski definition) is 2. The van der Waals surface area contributed by atoms with Gasteiger partial charge in [-0.05, 0) is 6.42 Å². The van der Waals surface area contributed by atoms with E-state index in [9.17, 15) is 0 Å². The van der Waals surface area contributed by atoms with Gasteiger partial charge in [-0.1, -0.05) is 32.0 Å². The summed E-state index contributed by atoms with van der Waals surface area (Å²) in [6.07, 6.45) is 3.68. The molecule has 2 N–H and O–H groups in total. The molecule has 4 heteroatoms. The van der Waals surface area contributed by atoms with Crippen LogP contribution in [0.3, 0.4) is 0 Å². The van der Waals surface area contributed by atoms with Crippen molar-refractivity contribution in [3.05, 3.63) is 0 Å². The zero-order valence-corrected chi connectivity index (χ0v) is 7.89. The molecule has 0 saturated carbocycles. The quantitative estimate of drug-likeness (QED) is 0.257. The molecule has 0 heterocycles. The molecule has 0 amide bonds.